The van der Waals surface area contributed by atoms with Gasteiger partial charge in [0.05, 0.1) is 0 Å². The van der Waals surface area contributed by atoms with E-state index >= 15 is 0 Å². The molecule has 0 aromatic rings. The lowest BCUT2D eigenvalue weighted by Gasteiger charge is -2.38. The van der Waals surface area contributed by atoms with Crippen molar-refractivity contribution >= 4 is 5.91 Å². The maximum absolute atomic E-state index is 12.1. The molecule has 2 saturated heterocycles. The van der Waals surface area contributed by atoms with E-state index in [9.17, 15) is 4.79 Å². The maximum Gasteiger partial charge on any atom is 0.225 e. The summed E-state index contributed by atoms with van der Waals surface area (Å²) < 4.78 is 0. The zero-order chi connectivity index (χ0) is 11.5. The van der Waals surface area contributed by atoms with Gasteiger partial charge in [0.25, 0.3) is 0 Å². The highest BCUT2D eigenvalue weighted by molar-refractivity contribution is 5.78. The van der Waals surface area contributed by atoms with Crippen LogP contribution in [0.3, 0.4) is 0 Å². The summed E-state index contributed by atoms with van der Waals surface area (Å²) in [4.78, 5) is 16.7. The summed E-state index contributed by atoms with van der Waals surface area (Å²) in [5, 5.41) is 0. The molecule has 2 rings (SSSR count). The Morgan fingerprint density at radius 1 is 1.44 bits per heavy atom. The zero-order valence-electron chi connectivity index (χ0n) is 10.2. The Kier molecular flexibility index (Phi) is 3.82. The molecule has 0 aromatic heterocycles. The summed E-state index contributed by atoms with van der Waals surface area (Å²) in [5.74, 6) is 0.398. The number of nitrogens with two attached hydrogens (primary N) is 1. The van der Waals surface area contributed by atoms with Crippen molar-refractivity contribution in [2.45, 2.75) is 32.2 Å². The minimum atomic E-state index is 0.0953. The Bertz CT molecular complexity index is 257. The predicted molar refractivity (Wildman–Crippen MR) is 64.0 cm³/mol. The van der Waals surface area contributed by atoms with Crippen LogP contribution < -0.4 is 5.73 Å². The Labute approximate surface area is 97.8 Å². The summed E-state index contributed by atoms with van der Waals surface area (Å²) in [6, 6.07) is 0.628. The second-order valence-corrected chi connectivity index (χ2v) is 5.09. The fourth-order valence-electron chi connectivity index (χ4n) is 2.88. The third-order valence-corrected chi connectivity index (χ3v) is 3.92. The van der Waals surface area contributed by atoms with Crippen molar-refractivity contribution in [1.82, 2.24) is 9.80 Å². The first-order valence-corrected chi connectivity index (χ1v) is 6.45. The molecule has 1 amide bonds. The Hall–Kier alpha value is -0.610. The lowest BCUT2D eigenvalue weighted by Crippen LogP contribution is -2.53. The average molecular weight is 225 g/mol. The molecule has 4 nitrogen and oxygen atoms in total. The molecular weight excluding hydrogens is 202 g/mol. The van der Waals surface area contributed by atoms with Crippen LogP contribution in [0.4, 0.5) is 0 Å². The first-order valence-electron chi connectivity index (χ1n) is 6.45. The summed E-state index contributed by atoms with van der Waals surface area (Å²) in [6.07, 6.45) is 3.36. The number of hydrogen-bond donors (Lipinski definition) is 1. The van der Waals surface area contributed by atoms with Crippen LogP contribution >= 0.6 is 0 Å². The highest BCUT2D eigenvalue weighted by atomic mass is 16.2. The van der Waals surface area contributed by atoms with Gasteiger partial charge in [-0.25, -0.2) is 0 Å². The molecule has 0 aliphatic carbocycles. The van der Waals surface area contributed by atoms with Crippen molar-refractivity contribution in [1.29, 1.82) is 0 Å². The average Bonchev–Trinajstić information content (AvgIpc) is 2.75. The van der Waals surface area contributed by atoms with Crippen molar-refractivity contribution in [2.24, 2.45) is 11.7 Å². The second-order valence-electron chi connectivity index (χ2n) is 5.09. The number of rotatable bonds is 3. The number of piperazine rings is 1. The number of carbonyl (C=O) groups is 1. The number of fused-ring (bicyclic) bond motifs is 1. The summed E-state index contributed by atoms with van der Waals surface area (Å²) in [5.41, 5.74) is 5.50. The van der Waals surface area contributed by atoms with Gasteiger partial charge < -0.3 is 10.6 Å². The minimum absolute atomic E-state index is 0.0953. The molecule has 2 unspecified atom stereocenters. The molecule has 2 fully saturated rings. The van der Waals surface area contributed by atoms with Crippen LogP contribution in [-0.4, -0.2) is 54.5 Å². The maximum atomic E-state index is 12.1. The molecule has 92 valence electrons. The smallest absolute Gasteiger partial charge is 0.225 e. The largest absolute Gasteiger partial charge is 0.340 e. The standard InChI is InChI=1S/C12H23N3O/c1-10(4-5-13)12(16)15-8-7-14-6-2-3-11(14)9-15/h10-11H,2-9,13H2,1H3. The number of carbonyl (C=O) groups excluding carboxylic acids is 1. The minimum Gasteiger partial charge on any atom is -0.340 e. The molecule has 2 heterocycles. The van der Waals surface area contributed by atoms with Crippen LogP contribution in [0, 0.1) is 5.92 Å². The van der Waals surface area contributed by atoms with Crippen LogP contribution in [0.1, 0.15) is 26.2 Å². The van der Waals surface area contributed by atoms with Gasteiger partial charge in [0, 0.05) is 31.6 Å². The highest BCUT2D eigenvalue weighted by Crippen LogP contribution is 2.22. The van der Waals surface area contributed by atoms with E-state index in [0.717, 1.165) is 26.1 Å². The molecule has 4 heteroatoms. The second kappa shape index (κ2) is 5.15. The van der Waals surface area contributed by atoms with Crippen LogP contribution in [-0.2, 0) is 4.79 Å². The highest BCUT2D eigenvalue weighted by Gasteiger charge is 2.33. The molecule has 2 N–H and O–H groups in total. The summed E-state index contributed by atoms with van der Waals surface area (Å²) in [7, 11) is 0. The first kappa shape index (κ1) is 11.9. The van der Waals surface area contributed by atoms with Crippen molar-refractivity contribution < 1.29 is 4.79 Å². The number of hydrogen-bond acceptors (Lipinski definition) is 3. The van der Waals surface area contributed by atoms with Gasteiger partial charge >= 0.3 is 0 Å². The third-order valence-electron chi connectivity index (χ3n) is 3.92. The van der Waals surface area contributed by atoms with Gasteiger partial charge in [-0.2, -0.15) is 0 Å². The molecule has 2 atom stereocenters. The van der Waals surface area contributed by atoms with Crippen LogP contribution in [0.2, 0.25) is 0 Å². The van der Waals surface area contributed by atoms with E-state index in [1.54, 1.807) is 0 Å². The predicted octanol–water partition coefficient (Wildman–Crippen LogP) is 0.278. The molecule has 2 aliphatic heterocycles. The van der Waals surface area contributed by atoms with Gasteiger partial charge in [-0.3, -0.25) is 9.69 Å². The molecule has 0 spiro atoms. The van der Waals surface area contributed by atoms with E-state index in [2.05, 4.69) is 4.90 Å². The van der Waals surface area contributed by atoms with Gasteiger partial charge in [-0.1, -0.05) is 6.92 Å². The number of amides is 1. The molecule has 16 heavy (non-hydrogen) atoms. The van der Waals surface area contributed by atoms with E-state index in [-0.39, 0.29) is 5.92 Å². The molecule has 0 saturated carbocycles. The molecule has 0 radical (unpaired) electrons. The lowest BCUT2D eigenvalue weighted by molar-refractivity contribution is -0.137. The van der Waals surface area contributed by atoms with Gasteiger partial charge in [0.2, 0.25) is 5.91 Å². The quantitative estimate of drug-likeness (QED) is 0.750. The Morgan fingerprint density at radius 2 is 2.25 bits per heavy atom. The van der Waals surface area contributed by atoms with E-state index in [4.69, 9.17) is 5.73 Å². The van der Waals surface area contributed by atoms with Gasteiger partial charge in [-0.15, -0.1) is 0 Å². The van der Waals surface area contributed by atoms with Crippen LogP contribution in [0.15, 0.2) is 0 Å². The van der Waals surface area contributed by atoms with Gasteiger partial charge in [0.1, 0.15) is 0 Å². The fourth-order valence-corrected chi connectivity index (χ4v) is 2.88. The molecule has 0 aromatic carbocycles. The van der Waals surface area contributed by atoms with Gasteiger partial charge in [0.15, 0.2) is 0 Å². The topological polar surface area (TPSA) is 49.6 Å². The van der Waals surface area contributed by atoms with Crippen molar-refractivity contribution in [3.8, 4) is 0 Å². The number of nitrogens with zero attached hydrogens (tertiary/aromatic N) is 2. The van der Waals surface area contributed by atoms with Crippen LogP contribution in [0.5, 0.6) is 0 Å². The van der Waals surface area contributed by atoms with Crippen LogP contribution in [0.25, 0.3) is 0 Å². The summed E-state index contributed by atoms with van der Waals surface area (Å²) >= 11 is 0. The zero-order valence-corrected chi connectivity index (χ0v) is 10.2. The SMILES string of the molecule is CC(CCN)C(=O)N1CCN2CCCC2C1. The molecular formula is C12H23N3O. The third kappa shape index (κ3) is 2.38. The Morgan fingerprint density at radius 3 is 3.00 bits per heavy atom. The molecule has 0 bridgehead atoms. The normalized spacial score (nSPS) is 27.9. The Balaban J connectivity index is 1.88. The van der Waals surface area contributed by atoms with Crippen molar-refractivity contribution in [2.75, 3.05) is 32.7 Å². The first-order chi connectivity index (χ1) is 7.72. The van der Waals surface area contributed by atoms with Gasteiger partial charge in [-0.05, 0) is 32.4 Å². The molecule has 2 aliphatic rings. The summed E-state index contributed by atoms with van der Waals surface area (Å²) in [6.45, 7) is 6.74. The fraction of sp³-hybridized carbons (Fsp3) is 0.917. The van der Waals surface area contributed by atoms with E-state index < -0.39 is 0 Å². The lowest BCUT2D eigenvalue weighted by atomic mass is 10.0. The van der Waals surface area contributed by atoms with E-state index in [1.165, 1.54) is 19.4 Å². The van der Waals surface area contributed by atoms with Crippen molar-refractivity contribution in [3.05, 3.63) is 0 Å². The monoisotopic (exact) mass is 225 g/mol. The van der Waals surface area contributed by atoms with E-state index in [0.29, 0.717) is 18.5 Å². The van der Waals surface area contributed by atoms with Crippen molar-refractivity contribution in [3.63, 3.8) is 0 Å². The van der Waals surface area contributed by atoms with E-state index in [1.807, 2.05) is 11.8 Å².